The number of nitrogens with one attached hydrogen (secondary N) is 1. The van der Waals surface area contributed by atoms with E-state index in [1.165, 1.54) is 4.90 Å². The SMILES string of the molecule is O=C1CC[C@@H](N2C(=O)c3cccc4c(Cc5ccc(CN6CCN(S(=O)(=O)CC(F)(F)F)CC6)cc5)ccc2c34)C(=O)N1. The molecule has 3 aliphatic heterocycles. The summed E-state index contributed by atoms with van der Waals surface area (Å²) in [6.07, 6.45) is -3.72. The average molecular weight is 615 g/mol. The number of hydrogen-bond acceptors (Lipinski definition) is 6. The van der Waals surface area contributed by atoms with Crippen molar-refractivity contribution in [3.05, 3.63) is 76.9 Å². The van der Waals surface area contributed by atoms with Crippen molar-refractivity contribution in [1.82, 2.24) is 14.5 Å². The van der Waals surface area contributed by atoms with Gasteiger partial charge in [0.25, 0.3) is 5.91 Å². The van der Waals surface area contributed by atoms with Crippen LogP contribution in [0.4, 0.5) is 18.9 Å². The van der Waals surface area contributed by atoms with Gasteiger partial charge in [0.15, 0.2) is 5.75 Å². The van der Waals surface area contributed by atoms with E-state index in [0.717, 1.165) is 31.8 Å². The van der Waals surface area contributed by atoms with Gasteiger partial charge in [0.2, 0.25) is 21.8 Å². The number of nitrogens with zero attached hydrogens (tertiary/aromatic N) is 3. The molecule has 43 heavy (non-hydrogen) atoms. The van der Waals surface area contributed by atoms with E-state index >= 15 is 0 Å². The number of piperazine rings is 1. The van der Waals surface area contributed by atoms with Crippen molar-refractivity contribution in [2.45, 2.75) is 38.0 Å². The Kier molecular flexibility index (Phi) is 7.51. The molecule has 3 heterocycles. The highest BCUT2D eigenvalue weighted by Gasteiger charge is 2.41. The number of alkyl halides is 3. The Bertz CT molecular complexity index is 1720. The number of piperidine rings is 1. The summed E-state index contributed by atoms with van der Waals surface area (Å²) in [6.45, 7) is 1.27. The maximum atomic E-state index is 13.4. The van der Waals surface area contributed by atoms with Crippen LogP contribution < -0.4 is 10.2 Å². The minimum Gasteiger partial charge on any atom is -0.296 e. The first-order chi connectivity index (χ1) is 20.4. The van der Waals surface area contributed by atoms with Crippen molar-refractivity contribution in [3.63, 3.8) is 0 Å². The van der Waals surface area contributed by atoms with E-state index in [9.17, 15) is 36.0 Å². The van der Waals surface area contributed by atoms with Gasteiger partial charge < -0.3 is 0 Å². The van der Waals surface area contributed by atoms with Crippen molar-refractivity contribution in [2.75, 3.05) is 36.8 Å². The van der Waals surface area contributed by atoms with Gasteiger partial charge in [-0.05, 0) is 47.1 Å². The normalized spacial score (nSPS) is 20.2. The van der Waals surface area contributed by atoms with Gasteiger partial charge in [0.1, 0.15) is 6.04 Å². The molecule has 1 N–H and O–H groups in total. The van der Waals surface area contributed by atoms with E-state index in [1.54, 1.807) is 6.07 Å². The predicted molar refractivity (Wildman–Crippen MR) is 153 cm³/mol. The highest BCUT2D eigenvalue weighted by atomic mass is 32.2. The van der Waals surface area contributed by atoms with Crippen LogP contribution >= 0.6 is 0 Å². The number of rotatable bonds is 7. The molecule has 3 amide bonds. The molecular weight excluding hydrogens is 585 g/mol. The quantitative estimate of drug-likeness (QED) is 0.410. The van der Waals surface area contributed by atoms with Gasteiger partial charge in [-0.25, -0.2) is 8.42 Å². The molecule has 9 nitrogen and oxygen atoms in total. The van der Waals surface area contributed by atoms with E-state index in [-0.39, 0.29) is 37.7 Å². The van der Waals surface area contributed by atoms with Crippen LogP contribution in [-0.2, 0) is 32.6 Å². The number of imide groups is 1. The van der Waals surface area contributed by atoms with Gasteiger partial charge in [0.05, 0.1) is 5.69 Å². The molecule has 0 spiro atoms. The van der Waals surface area contributed by atoms with Crippen LogP contribution in [0.5, 0.6) is 0 Å². The maximum absolute atomic E-state index is 13.4. The van der Waals surface area contributed by atoms with E-state index in [2.05, 4.69) is 5.32 Å². The summed E-state index contributed by atoms with van der Waals surface area (Å²) in [6, 6.07) is 16.6. The number of sulfonamides is 1. The number of amides is 3. The molecule has 0 unspecified atom stereocenters. The summed E-state index contributed by atoms with van der Waals surface area (Å²) in [4.78, 5) is 41.1. The summed E-state index contributed by atoms with van der Waals surface area (Å²) < 4.78 is 62.9. The number of carbonyl (C=O) groups is 3. The summed E-state index contributed by atoms with van der Waals surface area (Å²) in [7, 11) is -4.38. The zero-order valence-corrected chi connectivity index (χ0v) is 23.9. The van der Waals surface area contributed by atoms with Crippen LogP contribution in [0, 0.1) is 0 Å². The van der Waals surface area contributed by atoms with E-state index < -0.39 is 33.9 Å². The van der Waals surface area contributed by atoms with Gasteiger partial charge in [-0.15, -0.1) is 0 Å². The molecule has 0 aliphatic carbocycles. The lowest BCUT2D eigenvalue weighted by molar-refractivity contribution is -0.134. The minimum atomic E-state index is -4.77. The lowest BCUT2D eigenvalue weighted by Crippen LogP contribution is -2.53. The van der Waals surface area contributed by atoms with Crippen LogP contribution in [0.3, 0.4) is 0 Å². The zero-order valence-electron chi connectivity index (χ0n) is 23.1. The summed E-state index contributed by atoms with van der Waals surface area (Å²) >= 11 is 0. The lowest BCUT2D eigenvalue weighted by atomic mass is 9.95. The Labute approximate surface area is 246 Å². The second-order valence-electron chi connectivity index (χ2n) is 11.2. The average Bonchev–Trinajstić information content (AvgIpc) is 3.23. The Balaban J connectivity index is 1.13. The molecule has 226 valence electrons. The summed E-state index contributed by atoms with van der Waals surface area (Å²) in [5, 5.41) is 4.05. The molecule has 6 rings (SSSR count). The van der Waals surface area contributed by atoms with E-state index in [0.29, 0.717) is 37.3 Å². The van der Waals surface area contributed by atoms with Crippen molar-refractivity contribution in [2.24, 2.45) is 0 Å². The second kappa shape index (κ2) is 11.0. The molecule has 0 saturated carbocycles. The van der Waals surface area contributed by atoms with Crippen LogP contribution in [0.1, 0.15) is 39.9 Å². The Morgan fingerprint density at radius 1 is 0.884 bits per heavy atom. The summed E-state index contributed by atoms with van der Waals surface area (Å²) in [5.41, 5.74) is 4.25. The third kappa shape index (κ3) is 5.89. The van der Waals surface area contributed by atoms with Crippen LogP contribution in [0.2, 0.25) is 0 Å². The number of halogens is 3. The monoisotopic (exact) mass is 614 g/mol. The second-order valence-corrected chi connectivity index (χ2v) is 13.1. The highest BCUT2D eigenvalue weighted by molar-refractivity contribution is 7.89. The smallest absolute Gasteiger partial charge is 0.296 e. The molecule has 3 aromatic rings. The fraction of sp³-hybridized carbons (Fsp3) is 0.367. The largest absolute Gasteiger partial charge is 0.404 e. The third-order valence-corrected chi connectivity index (χ3v) is 10.1. The van der Waals surface area contributed by atoms with Crippen LogP contribution in [0.25, 0.3) is 10.8 Å². The van der Waals surface area contributed by atoms with Crippen molar-refractivity contribution in [3.8, 4) is 0 Å². The first-order valence-corrected chi connectivity index (χ1v) is 15.6. The Morgan fingerprint density at radius 2 is 1.58 bits per heavy atom. The topological polar surface area (TPSA) is 107 Å². The van der Waals surface area contributed by atoms with Gasteiger partial charge in [-0.3, -0.25) is 29.5 Å². The predicted octanol–water partition coefficient (Wildman–Crippen LogP) is 3.21. The van der Waals surface area contributed by atoms with E-state index in [1.807, 2.05) is 53.4 Å². The number of carbonyl (C=O) groups excluding carboxylic acids is 3. The van der Waals surface area contributed by atoms with E-state index in [4.69, 9.17) is 0 Å². The first kappa shape index (κ1) is 29.3. The molecule has 2 saturated heterocycles. The summed E-state index contributed by atoms with van der Waals surface area (Å²) in [5.74, 6) is -2.90. The Hall–Kier alpha value is -3.81. The molecule has 0 bridgehead atoms. The first-order valence-electron chi connectivity index (χ1n) is 14.0. The van der Waals surface area contributed by atoms with Crippen molar-refractivity contribution < 1.29 is 36.0 Å². The minimum absolute atomic E-state index is 0.0189. The molecular formula is C30H29F3N4O5S. The molecule has 1 atom stereocenters. The van der Waals surface area contributed by atoms with Crippen LogP contribution in [-0.4, -0.2) is 79.5 Å². The molecule has 3 aliphatic rings. The number of anilines is 1. The lowest BCUT2D eigenvalue weighted by Gasteiger charge is -2.34. The third-order valence-electron chi connectivity index (χ3n) is 8.23. The molecule has 3 aromatic carbocycles. The molecule has 0 radical (unpaired) electrons. The van der Waals surface area contributed by atoms with Gasteiger partial charge in [-0.1, -0.05) is 42.5 Å². The van der Waals surface area contributed by atoms with Crippen molar-refractivity contribution in [1.29, 1.82) is 0 Å². The standard InChI is InChI=1S/C30H29F3N4O5S/c31-30(32,33)18-43(41,42)36-14-12-35(13-15-36)17-20-6-4-19(5-7-20)16-21-8-9-24-27-22(21)2-1-3-23(27)29(40)37(24)25-10-11-26(38)34-28(25)39/h1-9,25H,10-18H2,(H,34,38,39)/t25-/m1/s1. The molecule has 0 aromatic heterocycles. The van der Waals surface area contributed by atoms with Crippen molar-refractivity contribution >= 4 is 44.2 Å². The zero-order chi connectivity index (χ0) is 30.5. The number of hydrogen-bond donors (Lipinski definition) is 1. The highest BCUT2D eigenvalue weighted by Crippen LogP contribution is 2.41. The number of benzene rings is 3. The maximum Gasteiger partial charge on any atom is 0.404 e. The fourth-order valence-electron chi connectivity index (χ4n) is 6.16. The molecule has 13 heteroatoms. The van der Waals surface area contributed by atoms with Gasteiger partial charge in [0, 0.05) is 50.1 Å². The van der Waals surface area contributed by atoms with Gasteiger partial charge in [-0.2, -0.15) is 17.5 Å². The fourth-order valence-corrected chi connectivity index (χ4v) is 7.48. The van der Waals surface area contributed by atoms with Crippen LogP contribution in [0.15, 0.2) is 54.6 Å². The molecule has 2 fully saturated rings. The van der Waals surface area contributed by atoms with Gasteiger partial charge >= 0.3 is 6.18 Å². The Morgan fingerprint density at radius 3 is 2.26 bits per heavy atom.